The summed E-state index contributed by atoms with van der Waals surface area (Å²) in [6, 6.07) is 9.02. The first-order chi connectivity index (χ1) is 24.3. The summed E-state index contributed by atoms with van der Waals surface area (Å²) in [5, 5.41) is 49.0. The number of ether oxygens (including phenoxy) is 4. The van der Waals surface area contributed by atoms with Crippen molar-refractivity contribution >= 4 is 45.0 Å². The van der Waals surface area contributed by atoms with Gasteiger partial charge >= 0.3 is 6.09 Å². The van der Waals surface area contributed by atoms with Crippen molar-refractivity contribution in [2.24, 2.45) is 0 Å². The van der Waals surface area contributed by atoms with Gasteiger partial charge in [0.15, 0.2) is 17.9 Å². The SMILES string of the molecule is COc1cccc2c1C(=O)c1c(O)c3c(c(O)c1C2=O)C[C@@](O)(C(C)=O)C[C@@H]3O[C@H]1C[C@H](NC(=O)OCCSSc2ccccn2)[C@@H](O)[C@H](C)O1. The van der Waals surface area contributed by atoms with Gasteiger partial charge in [-0.05, 0) is 42.8 Å². The van der Waals surface area contributed by atoms with Gasteiger partial charge in [0.05, 0.1) is 42.0 Å². The highest BCUT2D eigenvalue weighted by Crippen LogP contribution is 2.52. The first-order valence-electron chi connectivity index (χ1n) is 16.1. The number of alkyl carbamates (subject to hydrolysis) is 1. The molecule has 3 aliphatic rings. The number of nitrogens with zero attached hydrogens (tertiary/aromatic N) is 1. The zero-order valence-electron chi connectivity index (χ0n) is 27.8. The van der Waals surface area contributed by atoms with Gasteiger partial charge in [0.25, 0.3) is 0 Å². The predicted molar refractivity (Wildman–Crippen MR) is 183 cm³/mol. The van der Waals surface area contributed by atoms with Crippen LogP contribution >= 0.6 is 21.6 Å². The lowest BCUT2D eigenvalue weighted by molar-refractivity contribution is -0.249. The van der Waals surface area contributed by atoms with E-state index in [1.807, 2.05) is 18.2 Å². The molecule has 2 heterocycles. The summed E-state index contributed by atoms with van der Waals surface area (Å²) >= 11 is 0. The maximum absolute atomic E-state index is 13.9. The van der Waals surface area contributed by atoms with Gasteiger partial charge in [0, 0.05) is 47.9 Å². The maximum atomic E-state index is 13.9. The fourth-order valence-electron chi connectivity index (χ4n) is 6.63. The van der Waals surface area contributed by atoms with Crippen LogP contribution in [0, 0.1) is 0 Å². The van der Waals surface area contributed by atoms with Crippen LogP contribution in [0.4, 0.5) is 4.79 Å². The molecule has 14 nitrogen and oxygen atoms in total. The molecule has 1 aromatic heterocycles. The Bertz CT molecular complexity index is 1880. The highest BCUT2D eigenvalue weighted by atomic mass is 33.1. The largest absolute Gasteiger partial charge is 0.507 e. The van der Waals surface area contributed by atoms with E-state index in [0.717, 1.165) is 11.9 Å². The first kappa shape index (κ1) is 36.6. The molecule has 51 heavy (non-hydrogen) atoms. The second-order valence-corrected chi connectivity index (χ2v) is 14.9. The molecule has 1 saturated heterocycles. The van der Waals surface area contributed by atoms with E-state index < -0.39 is 95.2 Å². The molecule has 0 bridgehead atoms. The monoisotopic (exact) mass is 740 g/mol. The Kier molecular flexibility index (Phi) is 10.6. The number of ketones is 3. The van der Waals surface area contributed by atoms with E-state index >= 15 is 0 Å². The van der Waals surface area contributed by atoms with E-state index in [1.165, 1.54) is 46.9 Å². The lowest BCUT2D eigenvalue weighted by Gasteiger charge is -2.42. The van der Waals surface area contributed by atoms with Crippen LogP contribution in [0.5, 0.6) is 17.2 Å². The highest BCUT2D eigenvalue weighted by Gasteiger charge is 2.49. The molecular weight excluding hydrogens is 705 g/mol. The molecule has 0 spiro atoms. The predicted octanol–water partition coefficient (Wildman–Crippen LogP) is 3.63. The third-order valence-corrected chi connectivity index (χ3v) is 11.5. The van der Waals surface area contributed by atoms with Gasteiger partial charge in [-0.3, -0.25) is 14.4 Å². The molecule has 1 amide bonds. The Labute approximate surface area is 300 Å². The Morgan fingerprint density at radius 1 is 1.08 bits per heavy atom. The van der Waals surface area contributed by atoms with Gasteiger partial charge in [-0.1, -0.05) is 29.0 Å². The number of hydrogen-bond donors (Lipinski definition) is 5. The zero-order chi connectivity index (χ0) is 36.6. The number of hydrogen-bond acceptors (Lipinski definition) is 15. The number of rotatable bonds is 10. The minimum atomic E-state index is -2.09. The van der Waals surface area contributed by atoms with Crippen LogP contribution in [0.25, 0.3) is 0 Å². The summed E-state index contributed by atoms with van der Waals surface area (Å²) in [4.78, 5) is 57.2. The molecule has 2 aliphatic carbocycles. The first-order valence-corrected chi connectivity index (χ1v) is 18.4. The topological polar surface area (TPSA) is 211 Å². The van der Waals surface area contributed by atoms with Gasteiger partial charge in [-0.25, -0.2) is 9.78 Å². The van der Waals surface area contributed by atoms with Crippen LogP contribution < -0.4 is 10.1 Å². The molecule has 16 heteroatoms. The lowest BCUT2D eigenvalue weighted by Crippen LogP contribution is -2.55. The fraction of sp³-hybridized carbons (Fsp3) is 0.400. The number of phenolic OH excluding ortho intramolecular Hbond substituents is 2. The standard InChI is InChI=1S/C35H36N2O12S2/c1-16-29(39)20(37-34(44)47-11-12-50-51-23-9-4-5-10-36-23)13-24(48-16)49-22-15-35(45,17(2)38)14-19-26(22)33(43)28-27(31(19)41)30(40)18-7-6-8-21(46-3)25(18)32(28)42/h4-10,16,20,22,24,29,39,41,43,45H,11-15H2,1-3H3,(H,37,44)/t16-,20-,22-,24-,29-,35-/m0/s1. The average Bonchev–Trinajstić information content (AvgIpc) is 3.10. The maximum Gasteiger partial charge on any atom is 0.407 e. The highest BCUT2D eigenvalue weighted by molar-refractivity contribution is 8.76. The Hall–Kier alpha value is -4.19. The van der Waals surface area contributed by atoms with E-state index in [1.54, 1.807) is 13.1 Å². The number of aliphatic hydroxyl groups excluding tert-OH is 1. The Morgan fingerprint density at radius 2 is 1.84 bits per heavy atom. The average molecular weight is 741 g/mol. The van der Waals surface area contributed by atoms with Crippen molar-refractivity contribution in [1.29, 1.82) is 0 Å². The number of carbonyl (C=O) groups excluding carboxylic acids is 4. The second-order valence-electron chi connectivity index (χ2n) is 12.4. The van der Waals surface area contributed by atoms with Crippen molar-refractivity contribution < 1.29 is 58.6 Å². The number of amides is 1. The minimum Gasteiger partial charge on any atom is -0.507 e. The number of aromatic hydroxyl groups is 2. The van der Waals surface area contributed by atoms with Gasteiger partial charge in [-0.2, -0.15) is 0 Å². The van der Waals surface area contributed by atoms with Crippen molar-refractivity contribution in [3.63, 3.8) is 0 Å². The summed E-state index contributed by atoms with van der Waals surface area (Å²) in [7, 11) is 4.22. The van der Waals surface area contributed by atoms with Gasteiger partial charge in [-0.15, -0.1) is 0 Å². The number of pyridine rings is 1. The summed E-state index contributed by atoms with van der Waals surface area (Å²) < 4.78 is 22.8. The molecule has 6 rings (SSSR count). The van der Waals surface area contributed by atoms with Crippen LogP contribution in [-0.4, -0.2) is 98.5 Å². The quantitative estimate of drug-likeness (QED) is 0.0893. The van der Waals surface area contributed by atoms with Crippen molar-refractivity contribution in [1.82, 2.24) is 10.3 Å². The summed E-state index contributed by atoms with van der Waals surface area (Å²) in [6.07, 6.45) is -4.67. The summed E-state index contributed by atoms with van der Waals surface area (Å²) in [5.74, 6) is -2.97. The molecule has 0 radical (unpaired) electrons. The number of Topliss-reactive ketones (excluding diaryl/α,β-unsaturated/α-hetero) is 1. The van der Waals surface area contributed by atoms with E-state index in [-0.39, 0.29) is 41.0 Å². The second kappa shape index (κ2) is 14.8. The van der Waals surface area contributed by atoms with Crippen LogP contribution in [0.1, 0.15) is 75.8 Å². The van der Waals surface area contributed by atoms with Crippen molar-refractivity contribution in [2.75, 3.05) is 19.5 Å². The van der Waals surface area contributed by atoms with E-state index in [0.29, 0.717) is 5.75 Å². The summed E-state index contributed by atoms with van der Waals surface area (Å²) in [5.41, 5.74) is -3.42. The van der Waals surface area contributed by atoms with E-state index in [2.05, 4.69) is 10.3 Å². The minimum absolute atomic E-state index is 0.0470. The van der Waals surface area contributed by atoms with Crippen molar-refractivity contribution in [3.8, 4) is 17.2 Å². The molecule has 1 aliphatic heterocycles. The van der Waals surface area contributed by atoms with Gasteiger partial charge in [0.1, 0.15) is 40.6 Å². The van der Waals surface area contributed by atoms with Crippen molar-refractivity contribution in [3.05, 3.63) is 76.0 Å². The number of carbonyl (C=O) groups is 4. The van der Waals surface area contributed by atoms with Gasteiger partial charge < -0.3 is 44.7 Å². The molecule has 0 unspecified atom stereocenters. The Morgan fingerprint density at radius 3 is 2.55 bits per heavy atom. The molecular formula is C35H36N2O12S2. The molecule has 3 aromatic rings. The molecule has 270 valence electrons. The number of aromatic nitrogens is 1. The zero-order valence-corrected chi connectivity index (χ0v) is 29.4. The molecule has 5 N–H and O–H groups in total. The molecule has 6 atom stereocenters. The molecule has 2 aromatic carbocycles. The number of benzene rings is 2. The van der Waals surface area contributed by atoms with E-state index in [4.69, 9.17) is 18.9 Å². The fourth-order valence-corrected chi connectivity index (χ4v) is 8.33. The number of phenols is 2. The normalized spacial score (nSPS) is 25.3. The smallest absolute Gasteiger partial charge is 0.407 e. The van der Waals surface area contributed by atoms with E-state index in [9.17, 15) is 39.6 Å². The third kappa shape index (κ3) is 7.03. The van der Waals surface area contributed by atoms with Crippen molar-refractivity contribution in [2.45, 2.75) is 74.4 Å². The number of fused-ring (bicyclic) bond motifs is 3. The lowest BCUT2D eigenvalue weighted by atomic mass is 9.72. The Balaban J connectivity index is 1.23. The van der Waals surface area contributed by atoms with Crippen LogP contribution in [0.3, 0.4) is 0 Å². The van der Waals surface area contributed by atoms with Gasteiger partial charge in [0.2, 0.25) is 5.78 Å². The number of methoxy groups -OCH3 is 1. The van der Waals surface area contributed by atoms with Crippen LogP contribution in [0.15, 0.2) is 47.6 Å². The number of nitrogens with one attached hydrogen (secondary N) is 1. The molecule has 1 fully saturated rings. The number of aliphatic hydroxyl groups is 2. The van der Waals surface area contributed by atoms with Crippen LogP contribution in [-0.2, 0) is 25.4 Å². The van der Waals surface area contributed by atoms with Crippen LogP contribution in [0.2, 0.25) is 0 Å². The summed E-state index contributed by atoms with van der Waals surface area (Å²) in [6.45, 7) is 2.80. The molecule has 0 saturated carbocycles. The third-order valence-electron chi connectivity index (χ3n) is 9.24.